The van der Waals surface area contributed by atoms with Crippen LogP contribution in [-0.2, 0) is 4.79 Å². The molecule has 0 saturated heterocycles. The molecule has 0 aliphatic carbocycles. The van der Waals surface area contributed by atoms with Crippen molar-refractivity contribution in [2.24, 2.45) is 0 Å². The summed E-state index contributed by atoms with van der Waals surface area (Å²) in [6, 6.07) is 4.41. The lowest BCUT2D eigenvalue weighted by atomic mass is 10.2. The van der Waals surface area contributed by atoms with Crippen LogP contribution >= 0.6 is 22.6 Å². The zero-order valence-electron chi connectivity index (χ0n) is 10.9. The molecule has 0 spiro atoms. The standard InChI is InChI=1S/C12H13IN4O3/c1-6(11(18)17-12(19)16-2)20-10-8(13)3-7(5-14)4-9(10)15/h3-4,6H,15H2,1-2H3,(H2,16,17,18,19). The summed E-state index contributed by atoms with van der Waals surface area (Å²) in [6.07, 6.45) is -0.906. The highest BCUT2D eigenvalue weighted by atomic mass is 127. The van der Waals surface area contributed by atoms with Crippen LogP contribution in [0.5, 0.6) is 5.75 Å². The lowest BCUT2D eigenvalue weighted by molar-refractivity contribution is -0.126. The van der Waals surface area contributed by atoms with Gasteiger partial charge in [-0.05, 0) is 41.6 Å². The number of anilines is 1. The molecule has 8 heteroatoms. The van der Waals surface area contributed by atoms with E-state index < -0.39 is 18.0 Å². The Labute approximate surface area is 129 Å². The Morgan fingerprint density at radius 3 is 2.65 bits per heavy atom. The van der Waals surface area contributed by atoms with Gasteiger partial charge in [0, 0.05) is 7.05 Å². The first kappa shape index (κ1) is 16.0. The average Bonchev–Trinajstić information content (AvgIpc) is 2.41. The third-order valence-electron chi connectivity index (χ3n) is 2.33. The SMILES string of the molecule is CNC(=O)NC(=O)C(C)Oc1c(N)cc(C#N)cc1I. The molecular formula is C12H13IN4O3. The molecule has 0 aliphatic heterocycles. The molecule has 20 heavy (non-hydrogen) atoms. The van der Waals surface area contributed by atoms with E-state index in [4.69, 9.17) is 15.7 Å². The van der Waals surface area contributed by atoms with Crippen molar-refractivity contribution in [3.8, 4) is 11.8 Å². The number of hydrogen-bond donors (Lipinski definition) is 3. The third-order valence-corrected chi connectivity index (χ3v) is 3.13. The van der Waals surface area contributed by atoms with E-state index in [0.29, 0.717) is 14.9 Å². The number of nitrogens with one attached hydrogen (secondary N) is 2. The lowest BCUT2D eigenvalue weighted by Crippen LogP contribution is -2.44. The van der Waals surface area contributed by atoms with E-state index in [2.05, 4.69) is 10.6 Å². The normalized spacial score (nSPS) is 11.1. The maximum Gasteiger partial charge on any atom is 0.321 e. The Morgan fingerprint density at radius 1 is 1.50 bits per heavy atom. The second-order valence-corrected chi connectivity index (χ2v) is 4.98. The fourth-order valence-electron chi connectivity index (χ4n) is 1.31. The number of rotatable bonds is 3. The van der Waals surface area contributed by atoms with Crippen molar-refractivity contribution in [3.63, 3.8) is 0 Å². The first-order valence-corrected chi connectivity index (χ1v) is 6.65. The molecule has 1 rings (SSSR count). The quantitative estimate of drug-likeness (QED) is 0.527. The third kappa shape index (κ3) is 3.99. The lowest BCUT2D eigenvalue weighted by Gasteiger charge is -2.16. The molecular weight excluding hydrogens is 375 g/mol. The van der Waals surface area contributed by atoms with Gasteiger partial charge in [0.1, 0.15) is 0 Å². The molecule has 0 heterocycles. The zero-order chi connectivity index (χ0) is 15.3. The van der Waals surface area contributed by atoms with Crippen LogP contribution < -0.4 is 21.1 Å². The number of nitriles is 1. The van der Waals surface area contributed by atoms with Crippen LogP contribution in [0.3, 0.4) is 0 Å². The van der Waals surface area contributed by atoms with Crippen LogP contribution in [0.2, 0.25) is 0 Å². The van der Waals surface area contributed by atoms with Gasteiger partial charge in [0.25, 0.3) is 5.91 Å². The zero-order valence-corrected chi connectivity index (χ0v) is 13.0. The number of nitrogens with zero attached hydrogens (tertiary/aromatic N) is 1. The van der Waals surface area contributed by atoms with E-state index in [1.807, 2.05) is 28.7 Å². The maximum absolute atomic E-state index is 11.7. The van der Waals surface area contributed by atoms with Gasteiger partial charge in [-0.3, -0.25) is 10.1 Å². The van der Waals surface area contributed by atoms with Crippen LogP contribution in [0.1, 0.15) is 12.5 Å². The number of amides is 3. The van der Waals surface area contributed by atoms with Crippen LogP contribution in [0, 0.1) is 14.9 Å². The van der Waals surface area contributed by atoms with E-state index >= 15 is 0 Å². The highest BCUT2D eigenvalue weighted by Gasteiger charge is 2.19. The van der Waals surface area contributed by atoms with Crippen molar-refractivity contribution in [2.45, 2.75) is 13.0 Å². The van der Waals surface area contributed by atoms with E-state index in [1.54, 1.807) is 6.07 Å². The second kappa shape index (κ2) is 6.95. The summed E-state index contributed by atoms with van der Waals surface area (Å²) in [4.78, 5) is 22.7. The molecule has 3 amide bonds. The van der Waals surface area contributed by atoms with Crippen LogP contribution in [0.4, 0.5) is 10.5 Å². The fraction of sp³-hybridized carbons (Fsp3) is 0.250. The smallest absolute Gasteiger partial charge is 0.321 e. The Kier molecular flexibility index (Phi) is 5.57. The second-order valence-electron chi connectivity index (χ2n) is 3.82. The molecule has 106 valence electrons. The summed E-state index contributed by atoms with van der Waals surface area (Å²) in [5, 5.41) is 13.2. The van der Waals surface area contributed by atoms with Gasteiger partial charge in [0.15, 0.2) is 11.9 Å². The van der Waals surface area contributed by atoms with E-state index in [9.17, 15) is 9.59 Å². The Bertz CT molecular complexity index is 560. The number of urea groups is 1. The molecule has 0 bridgehead atoms. The first-order chi connectivity index (χ1) is 9.38. The molecule has 0 saturated carbocycles. The van der Waals surface area contributed by atoms with Gasteiger partial charge in [-0.1, -0.05) is 0 Å². The van der Waals surface area contributed by atoms with Crippen LogP contribution in [0.25, 0.3) is 0 Å². The summed E-state index contributed by atoms with van der Waals surface area (Å²) >= 11 is 1.96. The van der Waals surface area contributed by atoms with Crippen LogP contribution in [0.15, 0.2) is 12.1 Å². The van der Waals surface area contributed by atoms with Gasteiger partial charge >= 0.3 is 6.03 Å². The highest BCUT2D eigenvalue weighted by Crippen LogP contribution is 2.30. The van der Waals surface area contributed by atoms with E-state index in [1.165, 1.54) is 20.0 Å². The topological polar surface area (TPSA) is 117 Å². The number of carbonyl (C=O) groups excluding carboxylic acids is 2. The number of nitrogen functional groups attached to an aromatic ring is 1. The maximum atomic E-state index is 11.7. The number of imide groups is 1. The summed E-state index contributed by atoms with van der Waals surface area (Å²) in [5.74, 6) is -0.284. The number of benzene rings is 1. The molecule has 7 nitrogen and oxygen atoms in total. The van der Waals surface area contributed by atoms with Crippen LogP contribution in [-0.4, -0.2) is 25.1 Å². The molecule has 0 aromatic heterocycles. The number of halogens is 1. The number of ether oxygens (including phenoxy) is 1. The molecule has 0 radical (unpaired) electrons. The monoisotopic (exact) mass is 388 g/mol. The van der Waals surface area contributed by atoms with Gasteiger partial charge in [0.05, 0.1) is 20.9 Å². The van der Waals surface area contributed by atoms with E-state index in [-0.39, 0.29) is 5.69 Å². The minimum Gasteiger partial charge on any atom is -0.478 e. The van der Waals surface area contributed by atoms with Crippen molar-refractivity contribution in [3.05, 3.63) is 21.3 Å². The Hall–Kier alpha value is -2.02. The first-order valence-electron chi connectivity index (χ1n) is 5.57. The largest absolute Gasteiger partial charge is 0.478 e. The van der Waals surface area contributed by atoms with Crippen molar-refractivity contribution >= 4 is 40.2 Å². The summed E-state index contributed by atoms with van der Waals surface area (Å²) < 4.78 is 6.06. The van der Waals surface area contributed by atoms with Gasteiger partial charge in [0.2, 0.25) is 0 Å². The van der Waals surface area contributed by atoms with Gasteiger partial charge in [-0.15, -0.1) is 0 Å². The molecule has 1 aromatic rings. The minimum absolute atomic E-state index is 0.257. The molecule has 1 unspecified atom stereocenters. The fourth-order valence-corrected chi connectivity index (χ4v) is 2.08. The Morgan fingerprint density at radius 2 is 2.15 bits per heavy atom. The molecule has 1 atom stereocenters. The summed E-state index contributed by atoms with van der Waals surface area (Å²) in [7, 11) is 1.40. The summed E-state index contributed by atoms with van der Waals surface area (Å²) in [6.45, 7) is 1.49. The molecule has 0 fully saturated rings. The van der Waals surface area contributed by atoms with Gasteiger partial charge in [-0.25, -0.2) is 4.79 Å². The molecule has 4 N–H and O–H groups in total. The predicted octanol–water partition coefficient (Wildman–Crippen LogP) is 0.968. The van der Waals surface area contributed by atoms with Crippen molar-refractivity contribution in [2.75, 3.05) is 12.8 Å². The van der Waals surface area contributed by atoms with Gasteiger partial charge in [-0.2, -0.15) is 5.26 Å². The summed E-state index contributed by atoms with van der Waals surface area (Å²) in [5.41, 5.74) is 6.44. The number of carbonyl (C=O) groups is 2. The van der Waals surface area contributed by atoms with Crippen molar-refractivity contribution in [1.29, 1.82) is 5.26 Å². The number of nitrogens with two attached hydrogens (primary N) is 1. The highest BCUT2D eigenvalue weighted by molar-refractivity contribution is 14.1. The van der Waals surface area contributed by atoms with Crippen molar-refractivity contribution in [1.82, 2.24) is 10.6 Å². The minimum atomic E-state index is -0.906. The average molecular weight is 388 g/mol. The Balaban J connectivity index is 2.86. The molecule has 0 aliphatic rings. The van der Waals surface area contributed by atoms with E-state index in [0.717, 1.165) is 0 Å². The number of hydrogen-bond acceptors (Lipinski definition) is 5. The van der Waals surface area contributed by atoms with Gasteiger partial charge < -0.3 is 15.8 Å². The predicted molar refractivity (Wildman–Crippen MR) is 81.0 cm³/mol. The van der Waals surface area contributed by atoms with Crippen molar-refractivity contribution < 1.29 is 14.3 Å². The molecule has 1 aromatic carbocycles.